The van der Waals surface area contributed by atoms with Crippen molar-refractivity contribution in [1.82, 2.24) is 10.2 Å². The number of anilines is 1. The zero-order chi connectivity index (χ0) is 25.3. The van der Waals surface area contributed by atoms with Crippen LogP contribution in [0.3, 0.4) is 0 Å². The summed E-state index contributed by atoms with van der Waals surface area (Å²) in [5.41, 5.74) is 2.70. The highest BCUT2D eigenvalue weighted by Crippen LogP contribution is 2.19. The summed E-state index contributed by atoms with van der Waals surface area (Å²) >= 11 is 0. The van der Waals surface area contributed by atoms with Crippen molar-refractivity contribution < 1.29 is 18.0 Å². The Morgan fingerprint density at radius 1 is 0.941 bits per heavy atom. The molecule has 0 fully saturated rings. The fraction of sp³-hybridized carbons (Fsp3) is 0.462. The summed E-state index contributed by atoms with van der Waals surface area (Å²) in [4.78, 5) is 27.4. The van der Waals surface area contributed by atoms with Crippen LogP contribution in [-0.2, 0) is 26.0 Å². The lowest BCUT2D eigenvalue weighted by Gasteiger charge is -2.30. The smallest absolute Gasteiger partial charge is 0.242 e. The van der Waals surface area contributed by atoms with Crippen molar-refractivity contribution in [2.45, 2.75) is 59.0 Å². The van der Waals surface area contributed by atoms with E-state index in [1.807, 2.05) is 63.2 Å². The second-order valence-corrected chi connectivity index (χ2v) is 10.8. The van der Waals surface area contributed by atoms with Gasteiger partial charge in [-0.15, -0.1) is 0 Å². The molecule has 7 nitrogen and oxygen atoms in total. The van der Waals surface area contributed by atoms with Gasteiger partial charge in [-0.1, -0.05) is 48.0 Å². The van der Waals surface area contributed by atoms with E-state index >= 15 is 0 Å². The van der Waals surface area contributed by atoms with Crippen LogP contribution in [0, 0.1) is 6.92 Å². The van der Waals surface area contributed by atoms with Gasteiger partial charge < -0.3 is 10.2 Å². The van der Waals surface area contributed by atoms with Gasteiger partial charge in [0.25, 0.3) is 0 Å². The molecule has 0 saturated heterocycles. The van der Waals surface area contributed by atoms with Crippen molar-refractivity contribution in [3.8, 4) is 0 Å². The van der Waals surface area contributed by atoms with E-state index in [0.717, 1.165) is 11.1 Å². The Morgan fingerprint density at radius 3 is 2.12 bits per heavy atom. The molecule has 2 aromatic carbocycles. The minimum Gasteiger partial charge on any atom is -0.352 e. The van der Waals surface area contributed by atoms with Crippen LogP contribution in [0.15, 0.2) is 54.6 Å². The van der Waals surface area contributed by atoms with Crippen LogP contribution in [0.25, 0.3) is 0 Å². The van der Waals surface area contributed by atoms with Gasteiger partial charge in [-0.2, -0.15) is 0 Å². The van der Waals surface area contributed by atoms with Crippen molar-refractivity contribution >= 4 is 27.5 Å². The molecule has 0 aliphatic rings. The van der Waals surface area contributed by atoms with Crippen LogP contribution in [-0.4, -0.2) is 56.6 Å². The fourth-order valence-corrected chi connectivity index (χ4v) is 4.66. The molecule has 0 aliphatic carbocycles. The van der Waals surface area contributed by atoms with Gasteiger partial charge in [0.1, 0.15) is 6.04 Å². The van der Waals surface area contributed by atoms with Gasteiger partial charge in [-0.05, 0) is 58.2 Å². The first-order valence-corrected chi connectivity index (χ1v) is 13.5. The number of sulfonamides is 1. The highest BCUT2D eigenvalue weighted by atomic mass is 32.2. The molecule has 0 bridgehead atoms. The zero-order valence-electron chi connectivity index (χ0n) is 20.8. The monoisotopic (exact) mass is 487 g/mol. The van der Waals surface area contributed by atoms with Crippen LogP contribution >= 0.6 is 0 Å². The second kappa shape index (κ2) is 12.6. The fourth-order valence-electron chi connectivity index (χ4n) is 3.69. The number of aryl methyl sites for hydroxylation is 1. The van der Waals surface area contributed by atoms with Gasteiger partial charge in [0.05, 0.1) is 11.9 Å². The number of nitrogens with zero attached hydrogens (tertiary/aromatic N) is 2. The zero-order valence-corrected chi connectivity index (χ0v) is 21.6. The van der Waals surface area contributed by atoms with Crippen molar-refractivity contribution in [2.75, 3.05) is 23.7 Å². The van der Waals surface area contributed by atoms with E-state index in [-0.39, 0.29) is 30.8 Å². The van der Waals surface area contributed by atoms with Gasteiger partial charge in [0.15, 0.2) is 0 Å². The van der Waals surface area contributed by atoms with Crippen molar-refractivity contribution in [3.63, 3.8) is 0 Å². The molecule has 0 spiro atoms. The summed E-state index contributed by atoms with van der Waals surface area (Å²) in [6, 6.07) is 16.4. The Bertz CT molecular complexity index is 1040. The molecule has 34 heavy (non-hydrogen) atoms. The lowest BCUT2D eigenvalue weighted by molar-refractivity contribution is -0.140. The van der Waals surface area contributed by atoms with Crippen LogP contribution in [0.5, 0.6) is 0 Å². The summed E-state index contributed by atoms with van der Waals surface area (Å²) in [7, 11) is -3.49. The number of rotatable bonds is 12. The first kappa shape index (κ1) is 27.4. The van der Waals surface area contributed by atoms with E-state index in [4.69, 9.17) is 0 Å². The molecule has 1 atom stereocenters. The molecule has 2 rings (SSSR count). The number of hydrogen-bond donors (Lipinski definition) is 1. The number of carbonyl (C=O) groups is 2. The van der Waals surface area contributed by atoms with Gasteiger partial charge in [-0.25, -0.2) is 8.42 Å². The number of nitrogens with one attached hydrogen (secondary N) is 1. The minimum absolute atomic E-state index is 0.0288. The lowest BCUT2D eigenvalue weighted by Crippen LogP contribution is -2.50. The third-order valence-electron chi connectivity index (χ3n) is 5.56. The second-order valence-electron chi connectivity index (χ2n) is 8.94. The summed E-state index contributed by atoms with van der Waals surface area (Å²) < 4.78 is 26.0. The quantitative estimate of drug-likeness (QED) is 0.496. The maximum absolute atomic E-state index is 13.2. The third-order valence-corrected chi connectivity index (χ3v) is 6.75. The number of carbonyl (C=O) groups excluding carboxylic acids is 2. The minimum atomic E-state index is -3.49. The highest BCUT2D eigenvalue weighted by molar-refractivity contribution is 7.92. The van der Waals surface area contributed by atoms with E-state index in [9.17, 15) is 18.0 Å². The van der Waals surface area contributed by atoms with E-state index < -0.39 is 16.1 Å². The summed E-state index contributed by atoms with van der Waals surface area (Å²) in [6.07, 6.45) is 2.29. The topological polar surface area (TPSA) is 86.8 Å². The SMILES string of the molecule is Cc1ccc(N(CCCC(=O)N(CCc2ccccc2)[C@@H](C)C(=O)NC(C)C)S(C)(=O)=O)cc1. The van der Waals surface area contributed by atoms with Crippen molar-refractivity contribution in [2.24, 2.45) is 0 Å². The van der Waals surface area contributed by atoms with E-state index in [0.29, 0.717) is 25.1 Å². The molecular weight excluding hydrogens is 450 g/mol. The molecule has 0 heterocycles. The van der Waals surface area contributed by atoms with Crippen molar-refractivity contribution in [1.29, 1.82) is 0 Å². The molecule has 0 radical (unpaired) electrons. The lowest BCUT2D eigenvalue weighted by atomic mass is 10.1. The average Bonchev–Trinajstić information content (AvgIpc) is 2.77. The van der Waals surface area contributed by atoms with Gasteiger partial charge in [-0.3, -0.25) is 13.9 Å². The van der Waals surface area contributed by atoms with Crippen LogP contribution in [0.1, 0.15) is 44.7 Å². The van der Waals surface area contributed by atoms with Crippen LogP contribution in [0.2, 0.25) is 0 Å². The Balaban J connectivity index is 2.09. The normalized spacial score (nSPS) is 12.3. The standard InChI is InChI=1S/C26H37N3O4S/c1-20(2)27-26(31)22(4)28(19-17-23-10-7-6-8-11-23)25(30)12-9-18-29(34(5,32)33)24-15-13-21(3)14-16-24/h6-8,10-11,13-16,20,22H,9,12,17-19H2,1-5H3,(H,27,31)/t22-/m0/s1. The molecular formula is C26H37N3O4S. The van der Waals surface area contributed by atoms with E-state index in [1.54, 1.807) is 24.0 Å². The Morgan fingerprint density at radius 2 is 1.56 bits per heavy atom. The molecule has 0 unspecified atom stereocenters. The van der Waals surface area contributed by atoms with Crippen molar-refractivity contribution in [3.05, 3.63) is 65.7 Å². The molecule has 0 saturated carbocycles. The summed E-state index contributed by atoms with van der Waals surface area (Å²) in [5.74, 6) is -0.367. The number of amides is 2. The maximum atomic E-state index is 13.2. The molecule has 2 amide bonds. The number of hydrogen-bond acceptors (Lipinski definition) is 4. The Kier molecular flexibility index (Phi) is 10.1. The molecule has 0 aromatic heterocycles. The van der Waals surface area contributed by atoms with Gasteiger partial charge >= 0.3 is 0 Å². The predicted molar refractivity (Wildman–Crippen MR) is 137 cm³/mol. The summed E-state index contributed by atoms with van der Waals surface area (Å²) in [6.45, 7) is 8.02. The predicted octanol–water partition coefficient (Wildman–Crippen LogP) is 3.53. The molecule has 2 aromatic rings. The van der Waals surface area contributed by atoms with E-state index in [2.05, 4.69) is 5.32 Å². The first-order chi connectivity index (χ1) is 16.0. The highest BCUT2D eigenvalue weighted by Gasteiger charge is 2.26. The molecule has 186 valence electrons. The van der Waals surface area contributed by atoms with Gasteiger partial charge in [0, 0.05) is 25.6 Å². The Labute approximate surface area is 204 Å². The Hall–Kier alpha value is -2.87. The molecule has 1 N–H and O–H groups in total. The molecule has 0 aliphatic heterocycles. The largest absolute Gasteiger partial charge is 0.352 e. The van der Waals surface area contributed by atoms with Gasteiger partial charge in [0.2, 0.25) is 21.8 Å². The van der Waals surface area contributed by atoms with Crippen LogP contribution < -0.4 is 9.62 Å². The van der Waals surface area contributed by atoms with E-state index in [1.165, 1.54) is 10.6 Å². The maximum Gasteiger partial charge on any atom is 0.242 e. The summed E-state index contributed by atoms with van der Waals surface area (Å²) in [5, 5.41) is 2.88. The number of benzene rings is 2. The molecule has 8 heteroatoms. The van der Waals surface area contributed by atoms with Crippen LogP contribution in [0.4, 0.5) is 5.69 Å². The third kappa shape index (κ3) is 8.48. The first-order valence-electron chi connectivity index (χ1n) is 11.7. The average molecular weight is 488 g/mol.